The predicted molar refractivity (Wildman–Crippen MR) is 51.1 cm³/mol. The fraction of sp³-hybridized carbons (Fsp3) is 0.556. The molecule has 1 nitrogen and oxygen atoms in total. The number of hydrogen-bond acceptors (Lipinski definition) is 2. The van der Waals surface area contributed by atoms with Gasteiger partial charge in [0.05, 0.1) is 0 Å². The minimum atomic E-state index is 0.638. The summed E-state index contributed by atoms with van der Waals surface area (Å²) in [5, 5.41) is 2.20. The smallest absolute Gasteiger partial charge is 0.00766 e. The molecule has 0 amide bonds. The first-order valence-corrected chi connectivity index (χ1v) is 4.87. The third kappa shape index (κ3) is 2.31. The Morgan fingerprint density at radius 3 is 2.82 bits per heavy atom. The van der Waals surface area contributed by atoms with Crippen LogP contribution < -0.4 is 5.73 Å². The van der Waals surface area contributed by atoms with Crippen molar-refractivity contribution in [3.05, 3.63) is 21.9 Å². The molecule has 0 aliphatic heterocycles. The van der Waals surface area contributed by atoms with Crippen LogP contribution in [0.5, 0.6) is 0 Å². The summed E-state index contributed by atoms with van der Waals surface area (Å²) in [6, 6.07) is 2.25. The third-order valence-corrected chi connectivity index (χ3v) is 3.12. The fourth-order valence-electron chi connectivity index (χ4n) is 1.10. The minimum absolute atomic E-state index is 0.638. The lowest BCUT2D eigenvalue weighted by molar-refractivity contribution is 0.701. The maximum absolute atomic E-state index is 5.48. The van der Waals surface area contributed by atoms with Crippen LogP contribution in [0.25, 0.3) is 0 Å². The summed E-state index contributed by atoms with van der Waals surface area (Å²) >= 11 is 1.84. The van der Waals surface area contributed by atoms with Crippen LogP contribution in [0, 0.1) is 6.92 Å². The van der Waals surface area contributed by atoms with Crippen molar-refractivity contribution < 1.29 is 0 Å². The molecule has 1 heterocycles. The van der Waals surface area contributed by atoms with Crippen LogP contribution in [-0.2, 0) is 0 Å². The molecule has 1 atom stereocenters. The molecule has 62 valence electrons. The second-order valence-corrected chi connectivity index (χ2v) is 3.95. The Hall–Kier alpha value is -0.340. The molecule has 2 heteroatoms. The van der Waals surface area contributed by atoms with Gasteiger partial charge < -0.3 is 5.73 Å². The van der Waals surface area contributed by atoms with Crippen molar-refractivity contribution >= 4 is 11.3 Å². The summed E-state index contributed by atoms with van der Waals surface area (Å²) in [7, 11) is 0. The minimum Gasteiger partial charge on any atom is -0.330 e. The van der Waals surface area contributed by atoms with Crippen LogP contribution in [0.2, 0.25) is 0 Å². The Morgan fingerprint density at radius 2 is 2.36 bits per heavy atom. The Labute approximate surface area is 72.2 Å². The van der Waals surface area contributed by atoms with E-state index in [1.165, 1.54) is 10.4 Å². The lowest BCUT2D eigenvalue weighted by atomic mass is 10.1. The first kappa shape index (κ1) is 8.75. The van der Waals surface area contributed by atoms with Gasteiger partial charge in [-0.05, 0) is 42.8 Å². The topological polar surface area (TPSA) is 26.0 Å². The fourth-order valence-corrected chi connectivity index (χ4v) is 2.10. The molecule has 11 heavy (non-hydrogen) atoms. The Morgan fingerprint density at radius 1 is 1.64 bits per heavy atom. The summed E-state index contributed by atoms with van der Waals surface area (Å²) in [5.74, 6) is 0.638. The summed E-state index contributed by atoms with van der Waals surface area (Å²) < 4.78 is 0. The van der Waals surface area contributed by atoms with Gasteiger partial charge >= 0.3 is 0 Å². The molecule has 0 radical (unpaired) electrons. The molecule has 0 aliphatic rings. The molecule has 1 aromatic rings. The molecular formula is C9H15NS. The van der Waals surface area contributed by atoms with Crippen LogP contribution >= 0.6 is 11.3 Å². The molecule has 1 unspecified atom stereocenters. The highest BCUT2D eigenvalue weighted by Gasteiger charge is 2.05. The van der Waals surface area contributed by atoms with E-state index in [2.05, 4.69) is 25.3 Å². The van der Waals surface area contributed by atoms with Crippen LogP contribution in [0.3, 0.4) is 0 Å². The number of rotatable bonds is 3. The monoisotopic (exact) mass is 169 g/mol. The van der Waals surface area contributed by atoms with Gasteiger partial charge in [0.1, 0.15) is 0 Å². The van der Waals surface area contributed by atoms with E-state index in [0.717, 1.165) is 13.0 Å². The average molecular weight is 169 g/mol. The zero-order valence-corrected chi connectivity index (χ0v) is 7.95. The molecule has 0 aliphatic carbocycles. The van der Waals surface area contributed by atoms with Crippen LogP contribution in [0.4, 0.5) is 0 Å². The largest absolute Gasteiger partial charge is 0.330 e. The van der Waals surface area contributed by atoms with E-state index in [1.807, 2.05) is 11.3 Å². The van der Waals surface area contributed by atoms with Gasteiger partial charge in [-0.1, -0.05) is 6.92 Å². The van der Waals surface area contributed by atoms with Crippen molar-refractivity contribution in [2.24, 2.45) is 5.73 Å². The second kappa shape index (κ2) is 3.88. The lowest BCUT2D eigenvalue weighted by Crippen LogP contribution is -2.03. The van der Waals surface area contributed by atoms with E-state index < -0.39 is 0 Å². The summed E-state index contributed by atoms with van der Waals surface area (Å²) in [5.41, 5.74) is 6.85. The van der Waals surface area contributed by atoms with Gasteiger partial charge in [0.25, 0.3) is 0 Å². The molecule has 1 rings (SSSR count). The highest BCUT2D eigenvalue weighted by atomic mass is 32.1. The maximum Gasteiger partial charge on any atom is 0.00766 e. The summed E-state index contributed by atoms with van der Waals surface area (Å²) in [6.45, 7) is 5.16. The van der Waals surface area contributed by atoms with Crippen molar-refractivity contribution in [3.63, 3.8) is 0 Å². The van der Waals surface area contributed by atoms with Gasteiger partial charge in [0.15, 0.2) is 0 Å². The second-order valence-electron chi connectivity index (χ2n) is 3.00. The van der Waals surface area contributed by atoms with Crippen molar-refractivity contribution in [1.29, 1.82) is 0 Å². The van der Waals surface area contributed by atoms with Gasteiger partial charge in [0.2, 0.25) is 0 Å². The number of thiophene rings is 1. The number of hydrogen-bond donors (Lipinski definition) is 1. The molecule has 0 saturated heterocycles. The lowest BCUT2D eigenvalue weighted by Gasteiger charge is -2.05. The van der Waals surface area contributed by atoms with Crippen LogP contribution in [-0.4, -0.2) is 6.54 Å². The molecule has 0 saturated carbocycles. The van der Waals surface area contributed by atoms with E-state index in [1.54, 1.807) is 0 Å². The van der Waals surface area contributed by atoms with E-state index in [-0.39, 0.29) is 0 Å². The molecule has 2 N–H and O–H groups in total. The molecule has 1 aromatic heterocycles. The van der Waals surface area contributed by atoms with Gasteiger partial charge in [-0.25, -0.2) is 0 Å². The summed E-state index contributed by atoms with van der Waals surface area (Å²) in [4.78, 5) is 1.47. The quantitative estimate of drug-likeness (QED) is 0.739. The highest BCUT2D eigenvalue weighted by Crippen LogP contribution is 2.25. The van der Waals surface area contributed by atoms with Gasteiger partial charge in [-0.3, -0.25) is 0 Å². The van der Waals surface area contributed by atoms with E-state index in [0.29, 0.717) is 5.92 Å². The Balaban J connectivity index is 2.60. The molecule has 0 aromatic carbocycles. The average Bonchev–Trinajstić information content (AvgIpc) is 2.36. The number of aryl methyl sites for hydroxylation is 1. The van der Waals surface area contributed by atoms with Crippen molar-refractivity contribution in [3.8, 4) is 0 Å². The maximum atomic E-state index is 5.48. The van der Waals surface area contributed by atoms with Gasteiger partial charge in [0, 0.05) is 4.88 Å². The van der Waals surface area contributed by atoms with E-state index in [4.69, 9.17) is 5.73 Å². The van der Waals surface area contributed by atoms with Crippen LogP contribution in [0.15, 0.2) is 11.4 Å². The van der Waals surface area contributed by atoms with Gasteiger partial charge in [-0.2, -0.15) is 0 Å². The summed E-state index contributed by atoms with van der Waals surface area (Å²) in [6.07, 6.45) is 1.10. The SMILES string of the molecule is Cc1csc(C(C)CCN)c1. The molecule has 0 bridgehead atoms. The third-order valence-electron chi connectivity index (χ3n) is 1.84. The molecular weight excluding hydrogens is 154 g/mol. The van der Waals surface area contributed by atoms with E-state index in [9.17, 15) is 0 Å². The normalized spacial score (nSPS) is 13.4. The zero-order chi connectivity index (χ0) is 8.27. The zero-order valence-electron chi connectivity index (χ0n) is 7.13. The highest BCUT2D eigenvalue weighted by molar-refractivity contribution is 7.10. The van der Waals surface area contributed by atoms with Crippen LogP contribution in [0.1, 0.15) is 29.7 Å². The first-order chi connectivity index (χ1) is 5.24. The molecule has 0 spiro atoms. The molecule has 0 fully saturated rings. The standard InChI is InChI=1S/C9H15NS/c1-7-5-9(11-6-7)8(2)3-4-10/h5-6,8H,3-4,10H2,1-2H3. The number of nitrogens with two attached hydrogens (primary N) is 1. The van der Waals surface area contributed by atoms with Gasteiger partial charge in [-0.15, -0.1) is 11.3 Å². The first-order valence-electron chi connectivity index (χ1n) is 3.99. The Kier molecular flexibility index (Phi) is 3.09. The van der Waals surface area contributed by atoms with Crippen molar-refractivity contribution in [1.82, 2.24) is 0 Å². The van der Waals surface area contributed by atoms with Crippen molar-refractivity contribution in [2.45, 2.75) is 26.2 Å². The Bertz CT molecular complexity index is 217. The van der Waals surface area contributed by atoms with E-state index >= 15 is 0 Å². The predicted octanol–water partition coefficient (Wildman–Crippen LogP) is 2.51. The van der Waals surface area contributed by atoms with Crippen molar-refractivity contribution in [2.75, 3.05) is 6.54 Å².